The molecular formula is C12H21NO3. The fourth-order valence-electron chi connectivity index (χ4n) is 1.25. The van der Waals surface area contributed by atoms with Gasteiger partial charge in [-0.15, -0.1) is 0 Å². The summed E-state index contributed by atoms with van der Waals surface area (Å²) in [7, 11) is 1.28. The molecule has 0 aromatic heterocycles. The molecule has 4 nitrogen and oxygen atoms in total. The van der Waals surface area contributed by atoms with Crippen LogP contribution in [-0.2, 0) is 14.3 Å². The Morgan fingerprint density at radius 2 is 1.88 bits per heavy atom. The van der Waals surface area contributed by atoms with Gasteiger partial charge in [0.05, 0.1) is 7.11 Å². The van der Waals surface area contributed by atoms with Crippen molar-refractivity contribution in [3.05, 3.63) is 12.2 Å². The minimum Gasteiger partial charge on any atom is -0.469 e. The second-order valence-electron chi connectivity index (χ2n) is 4.50. The quantitative estimate of drug-likeness (QED) is 0.417. The Morgan fingerprint density at radius 1 is 1.31 bits per heavy atom. The highest BCUT2D eigenvalue weighted by Gasteiger charge is 2.26. The summed E-state index contributed by atoms with van der Waals surface area (Å²) >= 11 is 0. The molecule has 0 atom stereocenters. The van der Waals surface area contributed by atoms with Gasteiger partial charge in [0.2, 0.25) is 5.91 Å². The van der Waals surface area contributed by atoms with E-state index in [1.54, 1.807) is 4.90 Å². The number of carbonyl (C=O) groups is 2. The summed E-state index contributed by atoms with van der Waals surface area (Å²) in [6.45, 7) is 8.21. The molecule has 0 saturated heterocycles. The molecule has 0 aliphatic heterocycles. The number of ether oxygens (including phenoxy) is 1. The lowest BCUT2D eigenvalue weighted by Gasteiger charge is -2.34. The molecule has 0 bridgehead atoms. The molecule has 4 heteroatoms. The van der Waals surface area contributed by atoms with Crippen LogP contribution in [0, 0.1) is 0 Å². The molecule has 0 radical (unpaired) electrons. The molecule has 0 rings (SSSR count). The number of esters is 1. The van der Waals surface area contributed by atoms with Crippen LogP contribution >= 0.6 is 0 Å². The molecule has 0 fully saturated rings. The Balaban J connectivity index is 4.63. The van der Waals surface area contributed by atoms with E-state index in [1.165, 1.54) is 7.11 Å². The van der Waals surface area contributed by atoms with Crippen molar-refractivity contribution in [1.82, 2.24) is 4.90 Å². The second-order valence-corrected chi connectivity index (χ2v) is 4.50. The number of allylic oxidation sites excluding steroid dienone is 1. The van der Waals surface area contributed by atoms with Gasteiger partial charge in [0.25, 0.3) is 0 Å². The molecule has 92 valence electrons. The molecule has 16 heavy (non-hydrogen) atoms. The number of amides is 1. The first-order valence-electron chi connectivity index (χ1n) is 5.31. The predicted octanol–water partition coefficient (Wildman–Crippen LogP) is 1.75. The number of hydrogen-bond donors (Lipinski definition) is 0. The zero-order valence-corrected chi connectivity index (χ0v) is 10.7. The van der Waals surface area contributed by atoms with Crippen molar-refractivity contribution < 1.29 is 14.3 Å². The van der Waals surface area contributed by atoms with Crippen molar-refractivity contribution >= 4 is 11.9 Å². The first-order valence-corrected chi connectivity index (χ1v) is 5.31. The molecule has 0 heterocycles. The lowest BCUT2D eigenvalue weighted by atomic mass is 10.1. The average molecular weight is 227 g/mol. The van der Waals surface area contributed by atoms with Gasteiger partial charge >= 0.3 is 5.97 Å². The molecular weight excluding hydrogens is 206 g/mol. The van der Waals surface area contributed by atoms with E-state index < -0.39 is 5.97 Å². The van der Waals surface area contributed by atoms with Crippen LogP contribution in [0.5, 0.6) is 0 Å². The fourth-order valence-corrected chi connectivity index (χ4v) is 1.25. The number of rotatable bonds is 4. The third kappa shape index (κ3) is 4.96. The van der Waals surface area contributed by atoms with Gasteiger partial charge < -0.3 is 9.64 Å². The van der Waals surface area contributed by atoms with E-state index in [2.05, 4.69) is 4.74 Å². The highest BCUT2D eigenvalue weighted by atomic mass is 16.5. The normalized spacial score (nSPS) is 11.6. The first kappa shape index (κ1) is 14.7. The highest BCUT2D eigenvalue weighted by molar-refractivity contribution is 5.94. The third-order valence-electron chi connectivity index (χ3n) is 2.16. The number of nitrogens with zero attached hydrogens (tertiary/aromatic N) is 1. The Labute approximate surface area is 97.3 Å². The van der Waals surface area contributed by atoms with Crippen LogP contribution in [0.3, 0.4) is 0 Å². The summed E-state index contributed by atoms with van der Waals surface area (Å²) in [5.74, 6) is -0.711. The fraction of sp³-hybridized carbons (Fsp3) is 0.667. The van der Waals surface area contributed by atoms with Crippen molar-refractivity contribution in [1.29, 1.82) is 0 Å². The van der Waals surface area contributed by atoms with Gasteiger partial charge in [-0.1, -0.05) is 12.2 Å². The topological polar surface area (TPSA) is 46.6 Å². The summed E-state index contributed by atoms with van der Waals surface area (Å²) in [5.41, 5.74) is -0.301. The smallest absolute Gasteiger partial charge is 0.315 e. The Kier molecular flexibility index (Phi) is 5.78. The molecule has 0 aliphatic rings. The Hall–Kier alpha value is -1.32. The maximum atomic E-state index is 11.9. The molecule has 0 spiro atoms. The van der Waals surface area contributed by atoms with Crippen molar-refractivity contribution in [3.63, 3.8) is 0 Å². The number of methoxy groups -OCH3 is 1. The van der Waals surface area contributed by atoms with Gasteiger partial charge in [0, 0.05) is 12.1 Å². The van der Waals surface area contributed by atoms with Crippen molar-refractivity contribution in [2.75, 3.05) is 13.7 Å². The SMILES string of the molecule is C/C=C/CN(C(=O)CC(=O)OC)C(C)(C)C. The van der Waals surface area contributed by atoms with Crippen LogP contribution in [0.25, 0.3) is 0 Å². The van der Waals surface area contributed by atoms with Crippen LogP contribution in [-0.4, -0.2) is 36.0 Å². The monoisotopic (exact) mass is 227 g/mol. The van der Waals surface area contributed by atoms with Crippen molar-refractivity contribution in [2.45, 2.75) is 39.7 Å². The van der Waals surface area contributed by atoms with Crippen LogP contribution in [0.1, 0.15) is 34.1 Å². The van der Waals surface area contributed by atoms with Gasteiger partial charge in [-0.2, -0.15) is 0 Å². The van der Waals surface area contributed by atoms with E-state index in [1.807, 2.05) is 39.8 Å². The predicted molar refractivity (Wildman–Crippen MR) is 62.9 cm³/mol. The van der Waals surface area contributed by atoms with Gasteiger partial charge in [-0.05, 0) is 27.7 Å². The minimum absolute atomic E-state index is 0.203. The van der Waals surface area contributed by atoms with E-state index in [-0.39, 0.29) is 17.9 Å². The summed E-state index contributed by atoms with van der Waals surface area (Å²) in [6, 6.07) is 0. The largest absolute Gasteiger partial charge is 0.469 e. The lowest BCUT2D eigenvalue weighted by molar-refractivity contribution is -0.148. The third-order valence-corrected chi connectivity index (χ3v) is 2.16. The van der Waals surface area contributed by atoms with Crippen LogP contribution < -0.4 is 0 Å². The van der Waals surface area contributed by atoms with Crippen molar-refractivity contribution in [2.24, 2.45) is 0 Å². The first-order chi connectivity index (χ1) is 7.32. The maximum absolute atomic E-state index is 11.9. The summed E-state index contributed by atoms with van der Waals surface area (Å²) in [6.07, 6.45) is 3.57. The molecule has 0 aliphatic carbocycles. The Bertz CT molecular complexity index is 276. The van der Waals surface area contributed by atoms with Crippen LogP contribution in [0.4, 0.5) is 0 Å². The average Bonchev–Trinajstić information content (AvgIpc) is 2.16. The van der Waals surface area contributed by atoms with Crippen LogP contribution in [0.15, 0.2) is 12.2 Å². The standard InChI is InChI=1S/C12H21NO3/c1-6-7-8-13(12(2,3)4)10(14)9-11(15)16-5/h6-7H,8-9H2,1-5H3/b7-6+. The Morgan fingerprint density at radius 3 is 2.25 bits per heavy atom. The molecule has 1 amide bonds. The second kappa shape index (κ2) is 6.30. The maximum Gasteiger partial charge on any atom is 0.315 e. The molecule has 0 N–H and O–H groups in total. The zero-order chi connectivity index (χ0) is 12.8. The van der Waals surface area contributed by atoms with Crippen LogP contribution in [0.2, 0.25) is 0 Å². The summed E-state index contributed by atoms with van der Waals surface area (Å²) in [5, 5.41) is 0. The van der Waals surface area contributed by atoms with E-state index in [4.69, 9.17) is 0 Å². The molecule has 0 unspecified atom stereocenters. The molecule has 0 saturated carbocycles. The van der Waals surface area contributed by atoms with Crippen molar-refractivity contribution in [3.8, 4) is 0 Å². The van der Waals surface area contributed by atoms with Gasteiger partial charge in [-0.25, -0.2) is 0 Å². The lowest BCUT2D eigenvalue weighted by Crippen LogP contribution is -2.46. The molecule has 0 aromatic carbocycles. The number of carbonyl (C=O) groups excluding carboxylic acids is 2. The van der Waals surface area contributed by atoms with E-state index in [0.29, 0.717) is 6.54 Å². The van der Waals surface area contributed by atoms with Gasteiger partial charge in [0.1, 0.15) is 6.42 Å². The summed E-state index contributed by atoms with van der Waals surface area (Å²) in [4.78, 5) is 24.6. The zero-order valence-electron chi connectivity index (χ0n) is 10.7. The summed E-state index contributed by atoms with van der Waals surface area (Å²) < 4.78 is 4.48. The van der Waals surface area contributed by atoms with Gasteiger partial charge in [-0.3, -0.25) is 9.59 Å². The van der Waals surface area contributed by atoms with Gasteiger partial charge in [0.15, 0.2) is 0 Å². The van der Waals surface area contributed by atoms with E-state index >= 15 is 0 Å². The van der Waals surface area contributed by atoms with E-state index in [9.17, 15) is 9.59 Å². The van der Waals surface area contributed by atoms with E-state index in [0.717, 1.165) is 0 Å². The highest BCUT2D eigenvalue weighted by Crippen LogP contribution is 2.14. The minimum atomic E-state index is -0.500. The number of hydrogen-bond acceptors (Lipinski definition) is 3. The molecule has 0 aromatic rings.